The van der Waals surface area contributed by atoms with Gasteiger partial charge in [0.05, 0.1) is 0 Å². The molecule has 1 aliphatic carbocycles. The van der Waals surface area contributed by atoms with E-state index < -0.39 is 23.7 Å². The van der Waals surface area contributed by atoms with Crippen molar-refractivity contribution in [2.45, 2.75) is 65.2 Å². The van der Waals surface area contributed by atoms with Crippen LogP contribution in [0.1, 0.15) is 47.5 Å². The molecule has 8 nitrogen and oxygen atoms in total. The molecule has 6 atom stereocenters. The number of aldehydes is 1. The Morgan fingerprint density at radius 2 is 1.63 bits per heavy atom. The van der Waals surface area contributed by atoms with Crippen LogP contribution < -0.4 is 0 Å². The maximum atomic E-state index is 13.4. The van der Waals surface area contributed by atoms with E-state index in [4.69, 9.17) is 9.47 Å². The summed E-state index contributed by atoms with van der Waals surface area (Å²) in [5.41, 5.74) is -1.11. The zero-order valence-corrected chi connectivity index (χ0v) is 19.8. The smallest absolute Gasteiger partial charge is 0.333 e. The molecule has 1 rings (SSSR count). The molecule has 0 saturated heterocycles. The molecule has 0 aliphatic heterocycles. The number of amides is 2. The molecule has 1 fully saturated rings. The zero-order valence-electron chi connectivity index (χ0n) is 19.8. The van der Waals surface area contributed by atoms with Crippen LogP contribution in [0.3, 0.4) is 0 Å². The first-order valence-corrected chi connectivity index (χ1v) is 10.5. The number of hydrogen-bond donors (Lipinski definition) is 0. The highest BCUT2D eigenvalue weighted by atomic mass is 16.6. The molecule has 30 heavy (non-hydrogen) atoms. The SMILES string of the molecule is CO[C@H](C)C(=O)N(C)[C@]1(C(=O)O[C@H](C[C@@H](C)C(C)C=O)C(=O)N(C)C)CC1C(C)C. The van der Waals surface area contributed by atoms with Crippen LogP contribution in [0.2, 0.25) is 0 Å². The van der Waals surface area contributed by atoms with Gasteiger partial charge in [-0.05, 0) is 37.5 Å². The van der Waals surface area contributed by atoms with E-state index >= 15 is 0 Å². The van der Waals surface area contributed by atoms with Gasteiger partial charge in [0.25, 0.3) is 11.8 Å². The van der Waals surface area contributed by atoms with Gasteiger partial charge in [-0.1, -0.05) is 27.7 Å². The molecule has 0 aromatic heterocycles. The number of rotatable bonds is 11. The summed E-state index contributed by atoms with van der Waals surface area (Å²) < 4.78 is 10.9. The van der Waals surface area contributed by atoms with E-state index in [0.29, 0.717) is 6.42 Å². The van der Waals surface area contributed by atoms with E-state index in [9.17, 15) is 19.2 Å². The van der Waals surface area contributed by atoms with Gasteiger partial charge in [-0.3, -0.25) is 9.59 Å². The van der Waals surface area contributed by atoms with Crippen LogP contribution in [0.5, 0.6) is 0 Å². The fourth-order valence-corrected chi connectivity index (χ4v) is 3.80. The second kappa shape index (κ2) is 10.4. The molecule has 2 amide bonds. The fourth-order valence-electron chi connectivity index (χ4n) is 3.80. The summed E-state index contributed by atoms with van der Waals surface area (Å²) in [6.45, 7) is 9.24. The minimum absolute atomic E-state index is 0.0653. The summed E-state index contributed by atoms with van der Waals surface area (Å²) in [7, 11) is 6.21. The van der Waals surface area contributed by atoms with Crippen LogP contribution in [-0.2, 0) is 28.7 Å². The molecule has 2 unspecified atom stereocenters. The third-order valence-electron chi connectivity index (χ3n) is 6.44. The number of esters is 1. The van der Waals surface area contributed by atoms with Crippen molar-refractivity contribution in [2.24, 2.45) is 23.7 Å². The van der Waals surface area contributed by atoms with Gasteiger partial charge in [0.1, 0.15) is 17.9 Å². The topological polar surface area (TPSA) is 93.2 Å². The highest BCUT2D eigenvalue weighted by molar-refractivity contribution is 5.94. The number of nitrogens with zero attached hydrogens (tertiary/aromatic N) is 2. The van der Waals surface area contributed by atoms with Crippen LogP contribution in [0, 0.1) is 23.7 Å². The van der Waals surface area contributed by atoms with Crippen molar-refractivity contribution in [1.29, 1.82) is 0 Å². The van der Waals surface area contributed by atoms with Crippen LogP contribution >= 0.6 is 0 Å². The molecule has 0 spiro atoms. The molecule has 1 saturated carbocycles. The molecule has 0 bridgehead atoms. The van der Waals surface area contributed by atoms with Crippen molar-refractivity contribution in [2.75, 3.05) is 28.3 Å². The van der Waals surface area contributed by atoms with Crippen molar-refractivity contribution >= 4 is 24.1 Å². The van der Waals surface area contributed by atoms with Gasteiger partial charge in [0.2, 0.25) is 0 Å². The average molecular weight is 427 g/mol. The minimum atomic E-state index is -1.11. The van der Waals surface area contributed by atoms with Crippen LogP contribution in [-0.4, -0.2) is 79.9 Å². The predicted octanol–water partition coefficient (Wildman–Crippen LogP) is 1.76. The standard InChI is InChI=1S/C22H38N2O6/c1-13(2)17-11-22(17,24(8)19(26)16(5)29-9)21(28)30-18(20(27)23(6)7)10-14(3)15(4)12-25/h12-18H,10-11H2,1-9H3/t14-,15?,16-,17?,18-,22-/m1/s1. The second-order valence-corrected chi connectivity index (χ2v) is 9.09. The number of carbonyl (C=O) groups is 4. The molecule has 0 heterocycles. The third kappa shape index (κ3) is 5.39. The number of ether oxygens (including phenoxy) is 2. The number of carbonyl (C=O) groups excluding carboxylic acids is 4. The summed E-state index contributed by atoms with van der Waals surface area (Å²) in [6, 6.07) is 0. The van der Waals surface area contributed by atoms with Crippen molar-refractivity contribution in [3.63, 3.8) is 0 Å². The quantitative estimate of drug-likeness (QED) is 0.369. The van der Waals surface area contributed by atoms with Gasteiger partial charge < -0.3 is 24.1 Å². The first-order chi connectivity index (χ1) is 13.8. The first kappa shape index (κ1) is 26.1. The van der Waals surface area contributed by atoms with E-state index in [1.165, 1.54) is 16.9 Å². The maximum absolute atomic E-state index is 13.4. The van der Waals surface area contributed by atoms with E-state index in [2.05, 4.69) is 0 Å². The van der Waals surface area contributed by atoms with Gasteiger partial charge in [-0.25, -0.2) is 4.79 Å². The Kier molecular flexibility index (Phi) is 9.02. The normalized spacial score (nSPS) is 24.4. The van der Waals surface area contributed by atoms with Crippen LogP contribution in [0.15, 0.2) is 0 Å². The fraction of sp³-hybridized carbons (Fsp3) is 0.818. The number of hydrogen-bond acceptors (Lipinski definition) is 6. The lowest BCUT2D eigenvalue weighted by Gasteiger charge is -2.32. The third-order valence-corrected chi connectivity index (χ3v) is 6.44. The Balaban J connectivity index is 3.16. The average Bonchev–Trinajstić information content (AvgIpc) is 3.47. The lowest BCUT2D eigenvalue weighted by Crippen LogP contribution is -2.52. The molecule has 0 aromatic carbocycles. The molecule has 1 aliphatic rings. The number of likely N-dealkylation sites (N-methyl/N-ethyl adjacent to an activating group) is 2. The molecule has 8 heteroatoms. The zero-order chi connectivity index (χ0) is 23.4. The summed E-state index contributed by atoms with van der Waals surface area (Å²) in [6.07, 6.45) is -0.165. The van der Waals surface area contributed by atoms with Gasteiger partial charge in [-0.2, -0.15) is 0 Å². The van der Waals surface area contributed by atoms with Gasteiger partial charge >= 0.3 is 5.97 Å². The van der Waals surface area contributed by atoms with Crippen LogP contribution in [0.25, 0.3) is 0 Å². The lowest BCUT2D eigenvalue weighted by molar-refractivity contribution is -0.170. The summed E-state index contributed by atoms with van der Waals surface area (Å²) in [4.78, 5) is 52.7. The highest BCUT2D eigenvalue weighted by Gasteiger charge is 2.67. The van der Waals surface area contributed by atoms with E-state index in [1.807, 2.05) is 20.8 Å². The van der Waals surface area contributed by atoms with E-state index in [1.54, 1.807) is 35.0 Å². The maximum Gasteiger partial charge on any atom is 0.333 e. The second-order valence-electron chi connectivity index (χ2n) is 9.09. The predicted molar refractivity (Wildman–Crippen MR) is 113 cm³/mol. The monoisotopic (exact) mass is 426 g/mol. The van der Waals surface area contributed by atoms with E-state index in [-0.39, 0.29) is 41.9 Å². The van der Waals surface area contributed by atoms with Crippen molar-refractivity contribution in [1.82, 2.24) is 9.80 Å². The minimum Gasteiger partial charge on any atom is -0.450 e. The molecule has 0 N–H and O–H groups in total. The van der Waals surface area contributed by atoms with Gasteiger partial charge in [-0.15, -0.1) is 0 Å². The largest absolute Gasteiger partial charge is 0.450 e. The lowest BCUT2D eigenvalue weighted by atomic mass is 9.91. The Hall–Kier alpha value is -1.96. The highest BCUT2D eigenvalue weighted by Crippen LogP contribution is 2.53. The van der Waals surface area contributed by atoms with Crippen molar-refractivity contribution in [3.05, 3.63) is 0 Å². The molecule has 0 aromatic rings. The molecular formula is C22H38N2O6. The van der Waals surface area contributed by atoms with Crippen molar-refractivity contribution < 1.29 is 28.7 Å². The van der Waals surface area contributed by atoms with Crippen molar-refractivity contribution in [3.8, 4) is 0 Å². The summed E-state index contributed by atoms with van der Waals surface area (Å²) in [5, 5.41) is 0. The first-order valence-electron chi connectivity index (χ1n) is 10.5. The van der Waals surface area contributed by atoms with Gasteiger partial charge in [0.15, 0.2) is 6.10 Å². The summed E-state index contributed by atoms with van der Waals surface area (Å²) >= 11 is 0. The van der Waals surface area contributed by atoms with Crippen LogP contribution in [0.4, 0.5) is 0 Å². The molecule has 172 valence electrons. The number of methoxy groups -OCH3 is 1. The van der Waals surface area contributed by atoms with Gasteiger partial charge in [0, 0.05) is 34.2 Å². The Labute approximate surface area is 180 Å². The molecular weight excluding hydrogens is 388 g/mol. The summed E-state index contributed by atoms with van der Waals surface area (Å²) in [5.74, 6) is -1.56. The Morgan fingerprint density at radius 3 is 2.03 bits per heavy atom. The molecule has 0 radical (unpaired) electrons. The Bertz CT molecular complexity index is 650. The van der Waals surface area contributed by atoms with E-state index in [0.717, 1.165) is 6.29 Å². The Morgan fingerprint density at radius 1 is 1.07 bits per heavy atom.